The summed E-state index contributed by atoms with van der Waals surface area (Å²) in [5, 5.41) is 2.65. The van der Waals surface area contributed by atoms with Crippen LogP contribution in [0.25, 0.3) is 6.08 Å². The molecule has 1 heterocycles. The topological polar surface area (TPSA) is 75.7 Å². The highest BCUT2D eigenvalue weighted by Crippen LogP contribution is 2.31. The van der Waals surface area contributed by atoms with Crippen LogP contribution in [0.5, 0.6) is 5.75 Å². The van der Waals surface area contributed by atoms with Gasteiger partial charge >= 0.3 is 0 Å². The van der Waals surface area contributed by atoms with Crippen LogP contribution in [0.1, 0.15) is 24.8 Å². The van der Waals surface area contributed by atoms with Crippen LogP contribution in [0.2, 0.25) is 0 Å². The summed E-state index contributed by atoms with van der Waals surface area (Å²) >= 11 is 0. The number of anilines is 1. The molecule has 1 aliphatic heterocycles. The first-order valence-corrected chi connectivity index (χ1v) is 10.8. The van der Waals surface area contributed by atoms with Crippen LogP contribution in [-0.2, 0) is 14.8 Å². The Kier molecular flexibility index (Phi) is 6.66. The van der Waals surface area contributed by atoms with Gasteiger partial charge in [-0.05, 0) is 54.8 Å². The first-order valence-electron chi connectivity index (χ1n) is 9.33. The zero-order valence-corrected chi connectivity index (χ0v) is 16.9. The van der Waals surface area contributed by atoms with Crippen molar-refractivity contribution in [3.63, 3.8) is 0 Å². The molecule has 0 spiro atoms. The van der Waals surface area contributed by atoms with E-state index < -0.39 is 15.9 Å². The quantitative estimate of drug-likeness (QED) is 0.727. The molecule has 154 valence electrons. The molecule has 0 bridgehead atoms. The lowest BCUT2D eigenvalue weighted by Gasteiger charge is -2.26. The number of benzene rings is 2. The fourth-order valence-electron chi connectivity index (χ4n) is 3.13. The van der Waals surface area contributed by atoms with Gasteiger partial charge in [0, 0.05) is 24.9 Å². The molecule has 0 atom stereocenters. The van der Waals surface area contributed by atoms with Crippen LogP contribution in [-0.4, -0.2) is 38.8 Å². The summed E-state index contributed by atoms with van der Waals surface area (Å²) in [6, 6.07) is 10.2. The van der Waals surface area contributed by atoms with E-state index in [4.69, 9.17) is 4.74 Å². The molecule has 8 heteroatoms. The molecular weight excluding hydrogens is 395 g/mol. The molecular formula is C21H23FN2O4S. The highest BCUT2D eigenvalue weighted by atomic mass is 32.2. The number of halogens is 1. The maximum atomic E-state index is 13.0. The summed E-state index contributed by atoms with van der Waals surface area (Å²) in [7, 11) is -2.31. The number of rotatable bonds is 6. The Morgan fingerprint density at radius 1 is 1.10 bits per heavy atom. The minimum atomic E-state index is -3.72. The van der Waals surface area contributed by atoms with Crippen molar-refractivity contribution in [1.82, 2.24) is 4.31 Å². The molecule has 0 unspecified atom stereocenters. The van der Waals surface area contributed by atoms with E-state index >= 15 is 0 Å². The summed E-state index contributed by atoms with van der Waals surface area (Å²) in [5.41, 5.74) is 1.01. The number of nitrogens with zero attached hydrogens (tertiary/aromatic N) is 1. The third kappa shape index (κ3) is 5.21. The molecule has 1 amide bonds. The molecule has 0 radical (unpaired) electrons. The van der Waals surface area contributed by atoms with Gasteiger partial charge in [-0.3, -0.25) is 4.79 Å². The molecule has 3 rings (SSSR count). The minimum absolute atomic E-state index is 0.0298. The van der Waals surface area contributed by atoms with Crippen molar-refractivity contribution in [3.05, 3.63) is 59.9 Å². The Bertz CT molecular complexity index is 998. The van der Waals surface area contributed by atoms with Crippen molar-refractivity contribution in [3.8, 4) is 5.75 Å². The number of nitrogens with one attached hydrogen (secondary N) is 1. The SMILES string of the molecule is COc1ccc(NC(=O)C=Cc2ccc(F)cc2)cc1S(=O)(=O)N1CCCCC1. The first-order chi connectivity index (χ1) is 13.9. The Balaban J connectivity index is 1.79. The van der Waals surface area contributed by atoms with Crippen molar-refractivity contribution in [2.45, 2.75) is 24.2 Å². The molecule has 1 N–H and O–H groups in total. The summed E-state index contributed by atoms with van der Waals surface area (Å²) in [5.74, 6) is -0.552. The number of hydrogen-bond donors (Lipinski definition) is 1. The zero-order chi connectivity index (χ0) is 20.9. The fourth-order valence-corrected chi connectivity index (χ4v) is 4.83. The van der Waals surface area contributed by atoms with Gasteiger partial charge in [-0.1, -0.05) is 18.6 Å². The van der Waals surface area contributed by atoms with E-state index in [0.29, 0.717) is 24.3 Å². The summed E-state index contributed by atoms with van der Waals surface area (Å²) < 4.78 is 45.7. The highest BCUT2D eigenvalue weighted by molar-refractivity contribution is 7.89. The lowest BCUT2D eigenvalue weighted by molar-refractivity contribution is -0.111. The van der Waals surface area contributed by atoms with Crippen LogP contribution >= 0.6 is 0 Å². The summed E-state index contributed by atoms with van der Waals surface area (Å²) in [6.45, 7) is 0.949. The third-order valence-electron chi connectivity index (χ3n) is 4.66. The Labute approximate surface area is 170 Å². The number of methoxy groups -OCH3 is 1. The maximum absolute atomic E-state index is 13.0. The molecule has 1 saturated heterocycles. The average molecular weight is 418 g/mol. The number of carbonyl (C=O) groups excluding carboxylic acids is 1. The van der Waals surface area contributed by atoms with Crippen LogP contribution in [0.15, 0.2) is 53.4 Å². The van der Waals surface area contributed by atoms with E-state index in [1.165, 1.54) is 41.8 Å². The zero-order valence-electron chi connectivity index (χ0n) is 16.1. The number of ether oxygens (including phenoxy) is 1. The maximum Gasteiger partial charge on any atom is 0.248 e. The van der Waals surface area contributed by atoms with Crippen LogP contribution < -0.4 is 10.1 Å². The lowest BCUT2D eigenvalue weighted by atomic mass is 10.2. The predicted molar refractivity (Wildman–Crippen MR) is 110 cm³/mol. The average Bonchev–Trinajstić information content (AvgIpc) is 2.74. The Morgan fingerprint density at radius 2 is 1.79 bits per heavy atom. The van der Waals surface area contributed by atoms with E-state index in [1.807, 2.05) is 0 Å². The van der Waals surface area contributed by atoms with Gasteiger partial charge < -0.3 is 10.1 Å². The van der Waals surface area contributed by atoms with Crippen molar-refractivity contribution in [2.24, 2.45) is 0 Å². The second kappa shape index (κ2) is 9.19. The molecule has 2 aromatic rings. The standard InChI is InChI=1S/C21H23FN2O4S/c1-28-19-11-10-18(15-20(19)29(26,27)24-13-3-2-4-14-24)23-21(25)12-7-16-5-8-17(22)9-6-16/h5-12,15H,2-4,13-14H2,1H3,(H,23,25). The second-order valence-electron chi connectivity index (χ2n) is 6.70. The normalized spacial score (nSPS) is 15.4. The van der Waals surface area contributed by atoms with E-state index in [1.54, 1.807) is 24.3 Å². The molecule has 29 heavy (non-hydrogen) atoms. The third-order valence-corrected chi connectivity index (χ3v) is 6.58. The van der Waals surface area contributed by atoms with Gasteiger partial charge in [0.25, 0.3) is 0 Å². The van der Waals surface area contributed by atoms with Crippen LogP contribution in [0.3, 0.4) is 0 Å². The summed E-state index contributed by atoms with van der Waals surface area (Å²) in [6.07, 6.45) is 5.51. The van der Waals surface area contributed by atoms with Crippen LogP contribution in [0, 0.1) is 5.82 Å². The van der Waals surface area contributed by atoms with E-state index in [9.17, 15) is 17.6 Å². The van der Waals surface area contributed by atoms with Crippen molar-refractivity contribution >= 4 is 27.7 Å². The molecule has 0 saturated carbocycles. The van der Waals surface area contributed by atoms with Gasteiger partial charge in [-0.15, -0.1) is 0 Å². The molecule has 1 fully saturated rings. The highest BCUT2D eigenvalue weighted by Gasteiger charge is 2.29. The van der Waals surface area contributed by atoms with Crippen molar-refractivity contribution in [1.29, 1.82) is 0 Å². The number of hydrogen-bond acceptors (Lipinski definition) is 4. The van der Waals surface area contributed by atoms with E-state index in [0.717, 1.165) is 19.3 Å². The number of carbonyl (C=O) groups is 1. The number of amides is 1. The van der Waals surface area contributed by atoms with E-state index in [-0.39, 0.29) is 16.5 Å². The Morgan fingerprint density at radius 3 is 2.45 bits per heavy atom. The van der Waals surface area contributed by atoms with E-state index in [2.05, 4.69) is 5.32 Å². The summed E-state index contributed by atoms with van der Waals surface area (Å²) in [4.78, 5) is 12.2. The van der Waals surface area contributed by atoms with Crippen LogP contribution in [0.4, 0.5) is 10.1 Å². The smallest absolute Gasteiger partial charge is 0.248 e. The fraction of sp³-hybridized carbons (Fsp3) is 0.286. The van der Waals surface area contributed by atoms with Gasteiger partial charge in [0.1, 0.15) is 16.5 Å². The van der Waals surface area contributed by atoms with Gasteiger partial charge in [0.2, 0.25) is 15.9 Å². The Hall–Kier alpha value is -2.71. The van der Waals surface area contributed by atoms with Gasteiger partial charge in [0.15, 0.2) is 0 Å². The van der Waals surface area contributed by atoms with Crippen molar-refractivity contribution in [2.75, 3.05) is 25.5 Å². The van der Waals surface area contributed by atoms with Gasteiger partial charge in [-0.2, -0.15) is 4.31 Å². The second-order valence-corrected chi connectivity index (χ2v) is 8.61. The lowest BCUT2D eigenvalue weighted by Crippen LogP contribution is -2.35. The minimum Gasteiger partial charge on any atom is -0.495 e. The first kappa shape index (κ1) is 21.0. The molecule has 0 aromatic heterocycles. The molecule has 1 aliphatic rings. The monoisotopic (exact) mass is 418 g/mol. The van der Waals surface area contributed by atoms with Gasteiger partial charge in [-0.25, -0.2) is 12.8 Å². The van der Waals surface area contributed by atoms with Crippen molar-refractivity contribution < 1.29 is 22.3 Å². The number of piperidine rings is 1. The predicted octanol–water partition coefficient (Wildman–Crippen LogP) is 3.66. The number of sulfonamides is 1. The largest absolute Gasteiger partial charge is 0.495 e. The molecule has 2 aromatic carbocycles. The molecule has 6 nitrogen and oxygen atoms in total. The van der Waals surface area contributed by atoms with Gasteiger partial charge in [0.05, 0.1) is 7.11 Å². The molecule has 0 aliphatic carbocycles.